The molecule has 0 atom stereocenters. The van der Waals surface area contributed by atoms with E-state index in [0.29, 0.717) is 0 Å². The second-order valence-corrected chi connectivity index (χ2v) is 4.18. The number of hydrogen-bond donors (Lipinski definition) is 0. The van der Waals surface area contributed by atoms with E-state index in [2.05, 4.69) is 4.74 Å². The van der Waals surface area contributed by atoms with E-state index in [-0.39, 0.29) is 10.6 Å². The van der Waals surface area contributed by atoms with Crippen LogP contribution in [-0.2, 0) is 0 Å². The fourth-order valence-electron chi connectivity index (χ4n) is 1.27. The Bertz CT molecular complexity index is 532. The van der Waals surface area contributed by atoms with E-state index in [9.17, 15) is 32.1 Å². The van der Waals surface area contributed by atoms with E-state index < -0.39 is 35.1 Å². The van der Waals surface area contributed by atoms with Gasteiger partial charge in [-0.05, 0) is 13.0 Å². The first kappa shape index (κ1) is 16.4. The van der Waals surface area contributed by atoms with E-state index in [4.69, 9.17) is 11.6 Å². The van der Waals surface area contributed by atoms with Crippen LogP contribution in [0, 0.1) is 17.0 Å². The first-order valence-corrected chi connectivity index (χ1v) is 5.36. The van der Waals surface area contributed by atoms with Gasteiger partial charge in [0.2, 0.25) is 0 Å². The summed E-state index contributed by atoms with van der Waals surface area (Å²) in [5.41, 5.74) is -0.736. The molecule has 0 aromatic heterocycles. The van der Waals surface area contributed by atoms with Crippen LogP contribution in [0.3, 0.4) is 0 Å². The number of alkyl halides is 5. The summed E-state index contributed by atoms with van der Waals surface area (Å²) in [7, 11) is 0. The number of hydrogen-bond acceptors (Lipinski definition) is 3. The number of ether oxygens (including phenoxy) is 1. The molecule has 0 heterocycles. The zero-order valence-corrected chi connectivity index (χ0v) is 10.6. The number of nitro benzene ring substituents is 1. The first-order valence-electron chi connectivity index (χ1n) is 4.98. The quantitative estimate of drug-likeness (QED) is 0.476. The molecule has 0 fully saturated rings. The maximum Gasteiger partial charge on any atom is 0.456 e. The van der Waals surface area contributed by atoms with Gasteiger partial charge in [0, 0.05) is 6.07 Å². The highest BCUT2D eigenvalue weighted by Crippen LogP contribution is 2.39. The van der Waals surface area contributed by atoms with E-state index in [1.165, 1.54) is 0 Å². The Balaban J connectivity index is 3.05. The molecule has 0 aliphatic heterocycles. The molecule has 0 aliphatic carbocycles. The lowest BCUT2D eigenvalue weighted by atomic mass is 10.2. The summed E-state index contributed by atoms with van der Waals surface area (Å²) in [6.07, 6.45) is -5.78. The Labute approximate surface area is 114 Å². The zero-order chi connectivity index (χ0) is 15.7. The van der Waals surface area contributed by atoms with E-state index in [1.807, 2.05) is 0 Å². The fraction of sp³-hybridized carbons (Fsp3) is 0.400. The third-order valence-corrected chi connectivity index (χ3v) is 2.64. The Hall–Kier alpha value is -1.64. The second-order valence-electron chi connectivity index (χ2n) is 3.77. The average Bonchev–Trinajstić information content (AvgIpc) is 2.26. The van der Waals surface area contributed by atoms with Crippen molar-refractivity contribution in [1.29, 1.82) is 0 Å². The van der Waals surface area contributed by atoms with Crippen LogP contribution >= 0.6 is 11.6 Å². The highest BCUT2D eigenvalue weighted by molar-refractivity contribution is 6.32. The van der Waals surface area contributed by atoms with Crippen LogP contribution < -0.4 is 4.74 Å². The molecule has 4 nitrogen and oxygen atoms in total. The zero-order valence-electron chi connectivity index (χ0n) is 9.80. The van der Waals surface area contributed by atoms with Crippen LogP contribution in [0.2, 0.25) is 5.02 Å². The molecule has 10 heteroatoms. The first-order chi connectivity index (χ1) is 8.97. The fourth-order valence-corrected chi connectivity index (χ4v) is 1.53. The molecule has 1 aromatic rings. The van der Waals surface area contributed by atoms with Gasteiger partial charge in [0.25, 0.3) is 5.69 Å². The summed E-state index contributed by atoms with van der Waals surface area (Å²) < 4.78 is 65.7. The smallest absolute Gasteiger partial charge is 0.456 e. The summed E-state index contributed by atoms with van der Waals surface area (Å²) >= 11 is 5.58. The minimum Gasteiger partial charge on any atom is -0.485 e. The van der Waals surface area contributed by atoms with Gasteiger partial charge in [-0.3, -0.25) is 10.1 Å². The van der Waals surface area contributed by atoms with Crippen molar-refractivity contribution in [3.63, 3.8) is 0 Å². The number of halogens is 6. The van der Waals surface area contributed by atoms with Crippen molar-refractivity contribution >= 4 is 17.3 Å². The van der Waals surface area contributed by atoms with Gasteiger partial charge in [0.05, 0.1) is 15.5 Å². The summed E-state index contributed by atoms with van der Waals surface area (Å²) in [5, 5.41) is 10.3. The lowest BCUT2D eigenvalue weighted by Crippen LogP contribution is -2.41. The molecule has 112 valence electrons. The Morgan fingerprint density at radius 3 is 2.30 bits per heavy atom. The Morgan fingerprint density at radius 1 is 1.30 bits per heavy atom. The van der Waals surface area contributed by atoms with Crippen LogP contribution in [0.1, 0.15) is 5.56 Å². The molecule has 0 spiro atoms. The van der Waals surface area contributed by atoms with Gasteiger partial charge in [-0.2, -0.15) is 22.0 Å². The predicted octanol–water partition coefficient (Wildman–Crippen LogP) is 4.13. The van der Waals surface area contributed by atoms with Crippen molar-refractivity contribution in [3.05, 3.63) is 32.8 Å². The van der Waals surface area contributed by atoms with Crippen molar-refractivity contribution in [2.24, 2.45) is 0 Å². The van der Waals surface area contributed by atoms with Crippen molar-refractivity contribution in [2.75, 3.05) is 6.61 Å². The van der Waals surface area contributed by atoms with Gasteiger partial charge >= 0.3 is 12.1 Å². The van der Waals surface area contributed by atoms with Gasteiger partial charge in [-0.25, -0.2) is 0 Å². The molecule has 0 saturated heterocycles. The number of nitrogens with zero attached hydrogens (tertiary/aromatic N) is 1. The normalized spacial score (nSPS) is 12.3. The number of rotatable bonds is 4. The highest BCUT2D eigenvalue weighted by Gasteiger charge is 2.58. The van der Waals surface area contributed by atoms with Crippen molar-refractivity contribution in [2.45, 2.75) is 19.0 Å². The van der Waals surface area contributed by atoms with Crippen molar-refractivity contribution in [3.8, 4) is 5.75 Å². The van der Waals surface area contributed by atoms with Gasteiger partial charge in [0.1, 0.15) is 5.75 Å². The minimum atomic E-state index is -5.78. The van der Waals surface area contributed by atoms with Crippen LogP contribution in [0.5, 0.6) is 5.75 Å². The largest absolute Gasteiger partial charge is 0.485 e. The monoisotopic (exact) mass is 319 g/mol. The molecule has 0 saturated carbocycles. The van der Waals surface area contributed by atoms with Crippen molar-refractivity contribution < 1.29 is 31.6 Å². The van der Waals surface area contributed by atoms with Crippen LogP contribution in [-0.4, -0.2) is 23.6 Å². The van der Waals surface area contributed by atoms with Crippen LogP contribution in [0.4, 0.5) is 27.6 Å². The minimum absolute atomic E-state index is 0.236. The molecule has 0 unspecified atom stereocenters. The molecule has 0 radical (unpaired) electrons. The Kier molecular flexibility index (Phi) is 4.42. The predicted molar refractivity (Wildman–Crippen MR) is 59.3 cm³/mol. The standard InChI is InChI=1S/C10H7ClF5NO3/c1-5-7(17(18)19)3-2-6(11)8(5)20-4-9(12,13)10(14,15)16/h2-3H,4H2,1H3. The van der Waals surface area contributed by atoms with E-state index >= 15 is 0 Å². The Morgan fingerprint density at radius 2 is 1.85 bits per heavy atom. The van der Waals surface area contributed by atoms with Gasteiger partial charge < -0.3 is 4.74 Å². The topological polar surface area (TPSA) is 52.4 Å². The third-order valence-electron chi connectivity index (χ3n) is 2.34. The average molecular weight is 320 g/mol. The lowest BCUT2D eigenvalue weighted by molar-refractivity contribution is -0.385. The molecule has 0 aliphatic rings. The maximum atomic E-state index is 12.7. The molecule has 1 rings (SSSR count). The van der Waals surface area contributed by atoms with Crippen molar-refractivity contribution in [1.82, 2.24) is 0 Å². The van der Waals surface area contributed by atoms with Gasteiger partial charge in [-0.1, -0.05) is 11.6 Å². The van der Waals surface area contributed by atoms with Gasteiger partial charge in [0.15, 0.2) is 6.61 Å². The summed E-state index contributed by atoms with van der Waals surface area (Å²) in [5.74, 6) is -5.67. The lowest BCUT2D eigenvalue weighted by Gasteiger charge is -2.20. The molecule has 20 heavy (non-hydrogen) atoms. The molecule has 1 aromatic carbocycles. The highest BCUT2D eigenvalue weighted by atomic mass is 35.5. The van der Waals surface area contributed by atoms with Gasteiger partial charge in [-0.15, -0.1) is 0 Å². The van der Waals surface area contributed by atoms with Crippen LogP contribution in [0.15, 0.2) is 12.1 Å². The molecular weight excluding hydrogens is 313 g/mol. The molecular formula is C10H7ClF5NO3. The van der Waals surface area contributed by atoms with E-state index in [0.717, 1.165) is 19.1 Å². The third kappa shape index (κ3) is 3.27. The number of nitro groups is 1. The summed E-state index contributed by atoms with van der Waals surface area (Å²) in [4.78, 5) is 9.79. The molecule has 0 amide bonds. The number of benzene rings is 1. The maximum absolute atomic E-state index is 12.7. The van der Waals surface area contributed by atoms with E-state index in [1.54, 1.807) is 0 Å². The van der Waals surface area contributed by atoms with Crippen LogP contribution in [0.25, 0.3) is 0 Å². The molecule has 0 bridgehead atoms. The molecule has 0 N–H and O–H groups in total. The second kappa shape index (κ2) is 5.39. The SMILES string of the molecule is Cc1c([N+](=O)[O-])ccc(Cl)c1OCC(F)(F)C(F)(F)F. The summed E-state index contributed by atoms with van der Waals surface area (Å²) in [6, 6.07) is 1.97. The summed E-state index contributed by atoms with van der Waals surface area (Å²) in [6.45, 7) is -0.886.